The van der Waals surface area contributed by atoms with Gasteiger partial charge >= 0.3 is 12.4 Å². The molecule has 5 rings (SSSR count). The Labute approximate surface area is 218 Å². The summed E-state index contributed by atoms with van der Waals surface area (Å²) < 4.78 is 79.7. The van der Waals surface area contributed by atoms with Gasteiger partial charge in [-0.05, 0) is 55.8 Å². The second kappa shape index (κ2) is 10.4. The first kappa shape index (κ1) is 26.8. The van der Waals surface area contributed by atoms with Gasteiger partial charge in [-0.15, -0.1) is 0 Å². The van der Waals surface area contributed by atoms with Crippen LogP contribution in [0.4, 0.5) is 37.8 Å². The number of piperidine rings is 1. The minimum absolute atomic E-state index is 0.190. The maximum Gasteiger partial charge on any atom is 0.433 e. The molecule has 1 aliphatic heterocycles. The van der Waals surface area contributed by atoms with E-state index in [-0.39, 0.29) is 29.3 Å². The highest BCUT2D eigenvalue weighted by molar-refractivity contribution is 5.93. The third-order valence-corrected chi connectivity index (χ3v) is 6.29. The van der Waals surface area contributed by atoms with Crippen molar-refractivity contribution in [2.75, 3.05) is 18.4 Å². The largest absolute Gasteiger partial charge is 0.433 e. The fraction of sp³-hybridized carbons (Fsp3) is 0.308. The van der Waals surface area contributed by atoms with Gasteiger partial charge in [-0.25, -0.2) is 15.0 Å². The number of aliphatic hydroxyl groups is 1. The number of hydrogen-bond donors (Lipinski definition) is 2. The van der Waals surface area contributed by atoms with Crippen molar-refractivity contribution in [1.29, 1.82) is 0 Å². The van der Waals surface area contributed by atoms with Crippen LogP contribution in [0.15, 0.2) is 54.9 Å². The number of β-amino-alcohol motifs (C(OH)–C–C–N with tert-alkyl or cyclic N) is 1. The highest BCUT2D eigenvalue weighted by Gasteiger charge is 2.34. The molecule has 1 aliphatic rings. The second-order valence-corrected chi connectivity index (χ2v) is 9.20. The number of fused-ring (bicyclic) bond motifs is 1. The Kier molecular flexibility index (Phi) is 7.12. The Morgan fingerprint density at radius 2 is 1.79 bits per heavy atom. The standard InChI is InChI=1S/C26H22F6N6O/c27-25(28,29)19-4-1-9-33-23(19)15-5-7-18-20(11-15)36-22(14-38-10-2-3-17(39)13-38)37-24(18)35-16-6-8-21(34-12-16)26(30,31)32/h1,4-9,11-12,17,39H,2-3,10,13-14H2,(H,35,36,37). The van der Waals surface area contributed by atoms with Crippen LogP contribution in [0.3, 0.4) is 0 Å². The Morgan fingerprint density at radius 1 is 0.974 bits per heavy atom. The minimum atomic E-state index is -4.62. The number of halogens is 6. The van der Waals surface area contributed by atoms with E-state index in [2.05, 4.69) is 25.3 Å². The van der Waals surface area contributed by atoms with E-state index in [4.69, 9.17) is 0 Å². The number of benzene rings is 1. The molecule has 1 fully saturated rings. The lowest BCUT2D eigenvalue weighted by Gasteiger charge is -2.29. The maximum absolute atomic E-state index is 13.6. The quantitative estimate of drug-likeness (QED) is 0.304. The lowest BCUT2D eigenvalue weighted by atomic mass is 10.0. The van der Waals surface area contributed by atoms with Gasteiger partial charge < -0.3 is 10.4 Å². The van der Waals surface area contributed by atoms with Crippen molar-refractivity contribution in [2.45, 2.75) is 37.8 Å². The molecular weight excluding hydrogens is 526 g/mol. The molecule has 1 saturated heterocycles. The van der Waals surface area contributed by atoms with Gasteiger partial charge in [-0.3, -0.25) is 9.88 Å². The van der Waals surface area contributed by atoms with E-state index in [1.807, 2.05) is 4.90 Å². The number of pyridine rings is 2. The summed E-state index contributed by atoms with van der Waals surface area (Å²) in [7, 11) is 0. The molecule has 39 heavy (non-hydrogen) atoms. The Bertz CT molecular complexity index is 1480. The predicted molar refractivity (Wildman–Crippen MR) is 131 cm³/mol. The van der Waals surface area contributed by atoms with E-state index in [1.165, 1.54) is 36.5 Å². The summed E-state index contributed by atoms with van der Waals surface area (Å²) in [5, 5.41) is 13.4. The molecular formula is C26H22F6N6O. The van der Waals surface area contributed by atoms with E-state index in [0.717, 1.165) is 24.8 Å². The van der Waals surface area contributed by atoms with E-state index < -0.39 is 29.7 Å². The molecule has 0 amide bonds. The van der Waals surface area contributed by atoms with Crippen LogP contribution >= 0.6 is 0 Å². The third kappa shape index (κ3) is 6.09. The number of likely N-dealkylation sites (tertiary alicyclic amines) is 1. The highest BCUT2D eigenvalue weighted by Crippen LogP contribution is 2.37. The first-order chi connectivity index (χ1) is 18.5. The number of alkyl halides is 6. The summed E-state index contributed by atoms with van der Waals surface area (Å²) in [5.41, 5.74) is -1.46. The van der Waals surface area contributed by atoms with Crippen molar-refractivity contribution in [2.24, 2.45) is 0 Å². The normalized spacial score (nSPS) is 16.9. The molecule has 0 aliphatic carbocycles. The molecule has 4 aromatic rings. The van der Waals surface area contributed by atoms with Crippen molar-refractivity contribution in [3.8, 4) is 11.3 Å². The van der Waals surface area contributed by atoms with Crippen molar-refractivity contribution >= 4 is 22.4 Å². The summed E-state index contributed by atoms with van der Waals surface area (Å²) in [5.74, 6) is 0.575. The van der Waals surface area contributed by atoms with Gasteiger partial charge in [0.15, 0.2) is 0 Å². The van der Waals surface area contributed by atoms with Crippen LogP contribution in [0.5, 0.6) is 0 Å². The van der Waals surface area contributed by atoms with Crippen LogP contribution < -0.4 is 5.32 Å². The van der Waals surface area contributed by atoms with Gasteiger partial charge in [0.1, 0.15) is 17.3 Å². The molecule has 1 atom stereocenters. The first-order valence-corrected chi connectivity index (χ1v) is 12.0. The molecule has 2 N–H and O–H groups in total. The number of nitrogens with one attached hydrogen (secondary N) is 1. The van der Waals surface area contributed by atoms with Crippen LogP contribution in [0.1, 0.15) is 29.9 Å². The number of anilines is 2. The topological polar surface area (TPSA) is 87.1 Å². The van der Waals surface area contributed by atoms with Crippen LogP contribution in [-0.4, -0.2) is 49.1 Å². The van der Waals surface area contributed by atoms with Crippen molar-refractivity contribution < 1.29 is 31.4 Å². The lowest BCUT2D eigenvalue weighted by molar-refractivity contribution is -0.141. The Hall–Kier alpha value is -3.84. The maximum atomic E-state index is 13.6. The molecule has 3 aromatic heterocycles. The molecule has 4 heterocycles. The van der Waals surface area contributed by atoms with E-state index >= 15 is 0 Å². The van der Waals surface area contributed by atoms with Gasteiger partial charge in [0.05, 0.1) is 41.3 Å². The highest BCUT2D eigenvalue weighted by atomic mass is 19.4. The summed E-state index contributed by atoms with van der Waals surface area (Å²) >= 11 is 0. The fourth-order valence-corrected chi connectivity index (χ4v) is 4.50. The number of rotatable bonds is 5. The summed E-state index contributed by atoms with van der Waals surface area (Å²) in [4.78, 5) is 18.5. The molecule has 0 spiro atoms. The SMILES string of the molecule is OC1CCCN(Cc2nc(Nc3ccc(C(F)(F)F)nc3)c3ccc(-c4ncccc4C(F)(F)F)cc3n2)C1. The predicted octanol–water partition coefficient (Wildman–Crippen LogP) is 5.82. The zero-order valence-electron chi connectivity index (χ0n) is 20.3. The Balaban J connectivity index is 1.57. The van der Waals surface area contributed by atoms with Crippen LogP contribution in [0.25, 0.3) is 22.2 Å². The number of nitrogens with zero attached hydrogens (tertiary/aromatic N) is 5. The molecule has 204 valence electrons. The number of hydrogen-bond acceptors (Lipinski definition) is 7. The minimum Gasteiger partial charge on any atom is -0.392 e. The van der Waals surface area contributed by atoms with Crippen molar-refractivity contribution in [3.05, 3.63) is 71.9 Å². The first-order valence-electron chi connectivity index (χ1n) is 12.0. The molecule has 0 radical (unpaired) electrons. The van der Waals surface area contributed by atoms with Crippen LogP contribution in [-0.2, 0) is 18.9 Å². The average molecular weight is 548 g/mol. The van der Waals surface area contributed by atoms with Crippen molar-refractivity contribution in [3.63, 3.8) is 0 Å². The zero-order valence-corrected chi connectivity index (χ0v) is 20.3. The molecule has 1 aromatic carbocycles. The van der Waals surface area contributed by atoms with Crippen LogP contribution in [0, 0.1) is 0 Å². The smallest absolute Gasteiger partial charge is 0.392 e. The van der Waals surface area contributed by atoms with Gasteiger partial charge in [0, 0.05) is 23.7 Å². The van der Waals surface area contributed by atoms with Gasteiger partial charge in [0.25, 0.3) is 0 Å². The molecule has 0 saturated carbocycles. The van der Waals surface area contributed by atoms with E-state index in [0.29, 0.717) is 36.2 Å². The molecule has 0 bridgehead atoms. The number of aromatic nitrogens is 4. The number of aliphatic hydroxyl groups excluding tert-OH is 1. The summed E-state index contributed by atoms with van der Waals surface area (Å²) in [6.45, 7) is 1.37. The summed E-state index contributed by atoms with van der Waals surface area (Å²) in [6, 6.07) is 8.67. The van der Waals surface area contributed by atoms with E-state index in [1.54, 1.807) is 0 Å². The molecule has 13 heteroatoms. The Morgan fingerprint density at radius 3 is 2.49 bits per heavy atom. The lowest BCUT2D eigenvalue weighted by Crippen LogP contribution is -2.38. The van der Waals surface area contributed by atoms with Gasteiger partial charge in [-0.1, -0.05) is 6.07 Å². The summed E-state index contributed by atoms with van der Waals surface area (Å²) in [6.07, 6.45) is -5.96. The van der Waals surface area contributed by atoms with Gasteiger partial charge in [-0.2, -0.15) is 26.3 Å². The molecule has 7 nitrogen and oxygen atoms in total. The van der Waals surface area contributed by atoms with Crippen molar-refractivity contribution in [1.82, 2.24) is 24.8 Å². The zero-order chi connectivity index (χ0) is 27.8. The molecule has 1 unspecified atom stereocenters. The average Bonchev–Trinajstić information content (AvgIpc) is 2.88. The third-order valence-electron chi connectivity index (χ3n) is 6.29. The second-order valence-electron chi connectivity index (χ2n) is 9.20. The monoisotopic (exact) mass is 548 g/mol. The van der Waals surface area contributed by atoms with E-state index in [9.17, 15) is 31.4 Å². The van der Waals surface area contributed by atoms with Gasteiger partial charge in [0.2, 0.25) is 0 Å². The van der Waals surface area contributed by atoms with Crippen LogP contribution in [0.2, 0.25) is 0 Å². The fourth-order valence-electron chi connectivity index (χ4n) is 4.50.